The van der Waals surface area contributed by atoms with Crippen LogP contribution in [0, 0.1) is 0 Å². The Hall–Kier alpha value is -9.24. The van der Waals surface area contributed by atoms with Gasteiger partial charge in [-0.15, -0.1) is 0 Å². The molecule has 2 heteroatoms. The Kier molecular flexibility index (Phi) is 10.2. The lowest BCUT2D eigenvalue weighted by Crippen LogP contribution is -2.09. The molecule has 0 fully saturated rings. The van der Waals surface area contributed by atoms with Gasteiger partial charge in [-0.1, -0.05) is 194 Å². The van der Waals surface area contributed by atoms with Crippen molar-refractivity contribution in [3.8, 4) is 61.3 Å². The lowest BCUT2D eigenvalue weighted by Gasteiger charge is -2.26. The lowest BCUT2D eigenvalue weighted by atomic mass is 9.93. The number of benzene rings is 12. The zero-order valence-electron chi connectivity index (χ0n) is 38.5. The molecule has 0 N–H and O–H groups in total. The van der Waals surface area contributed by atoms with Gasteiger partial charge in [0.05, 0.1) is 11.0 Å². The highest BCUT2D eigenvalue weighted by Crippen LogP contribution is 2.42. The van der Waals surface area contributed by atoms with Crippen molar-refractivity contribution in [2.75, 3.05) is 4.90 Å². The van der Waals surface area contributed by atoms with Crippen LogP contribution in [-0.4, -0.2) is 4.57 Å². The van der Waals surface area contributed by atoms with Gasteiger partial charge in [0.25, 0.3) is 0 Å². The first-order valence-corrected chi connectivity index (χ1v) is 24.1. The maximum Gasteiger partial charge on any atom is 0.0541 e. The molecule has 13 rings (SSSR count). The summed E-state index contributed by atoms with van der Waals surface area (Å²) in [6.45, 7) is 0. The standard InChI is InChI=1S/C68H46N2/c1-3-16-47(17-4-1)52-22-13-23-53(40-52)49-34-37-60(38-35-49)69(59-25-5-2-6-26-59)61-27-14-24-54(43-61)56-36-39-68-66(46-56)65-29-11-12-31-67(65)70(68)62-44-57(55-33-32-48-18-7-8-20-51(48)41-55)42-58(45-62)64-30-15-21-50-19-9-10-28-63(50)64/h1-46H. The maximum atomic E-state index is 2.46. The minimum Gasteiger partial charge on any atom is -0.310 e. The minimum absolute atomic E-state index is 1.09. The molecular weight excluding hydrogens is 845 g/mol. The van der Waals surface area contributed by atoms with E-state index < -0.39 is 0 Å². The van der Waals surface area contributed by atoms with E-state index in [1.165, 1.54) is 93.4 Å². The summed E-state index contributed by atoms with van der Waals surface area (Å²) in [6, 6.07) is 102. The van der Waals surface area contributed by atoms with E-state index in [1.54, 1.807) is 0 Å². The number of fused-ring (bicyclic) bond motifs is 5. The number of hydrogen-bond donors (Lipinski definition) is 0. The average Bonchev–Trinajstić information content (AvgIpc) is 3.77. The Morgan fingerprint density at radius 3 is 1.54 bits per heavy atom. The van der Waals surface area contributed by atoms with Gasteiger partial charge in [0, 0.05) is 33.5 Å². The summed E-state index contributed by atoms with van der Waals surface area (Å²) in [6.07, 6.45) is 0. The highest BCUT2D eigenvalue weighted by molar-refractivity contribution is 6.11. The molecule has 0 saturated carbocycles. The van der Waals surface area contributed by atoms with Gasteiger partial charge < -0.3 is 9.47 Å². The van der Waals surface area contributed by atoms with Crippen LogP contribution in [0.15, 0.2) is 279 Å². The number of rotatable bonds is 9. The van der Waals surface area contributed by atoms with E-state index in [1.807, 2.05) is 0 Å². The minimum atomic E-state index is 1.09. The quantitative estimate of drug-likeness (QED) is 0.140. The van der Waals surface area contributed by atoms with Crippen molar-refractivity contribution in [1.29, 1.82) is 0 Å². The summed E-state index contributed by atoms with van der Waals surface area (Å²) in [5.41, 5.74) is 18.7. The average molecular weight is 891 g/mol. The van der Waals surface area contributed by atoms with Crippen LogP contribution in [-0.2, 0) is 0 Å². The molecule has 0 radical (unpaired) electrons. The van der Waals surface area contributed by atoms with E-state index >= 15 is 0 Å². The highest BCUT2D eigenvalue weighted by Gasteiger charge is 2.18. The van der Waals surface area contributed by atoms with Crippen molar-refractivity contribution in [2.45, 2.75) is 0 Å². The molecule has 0 amide bonds. The fraction of sp³-hybridized carbons (Fsp3) is 0. The van der Waals surface area contributed by atoms with Crippen LogP contribution in [0.4, 0.5) is 17.1 Å². The van der Waals surface area contributed by atoms with Crippen molar-refractivity contribution < 1.29 is 0 Å². The third kappa shape index (κ3) is 7.49. The molecule has 0 atom stereocenters. The Morgan fingerprint density at radius 2 is 0.729 bits per heavy atom. The Bertz CT molecular complexity index is 4050. The van der Waals surface area contributed by atoms with Gasteiger partial charge in [-0.2, -0.15) is 0 Å². The number of para-hydroxylation sites is 2. The van der Waals surface area contributed by atoms with Crippen LogP contribution in [0.3, 0.4) is 0 Å². The van der Waals surface area contributed by atoms with Crippen molar-refractivity contribution >= 4 is 60.4 Å². The van der Waals surface area contributed by atoms with Gasteiger partial charge in [0.1, 0.15) is 0 Å². The van der Waals surface area contributed by atoms with E-state index in [0.717, 1.165) is 28.3 Å². The van der Waals surface area contributed by atoms with Crippen LogP contribution < -0.4 is 4.90 Å². The molecule has 13 aromatic rings. The van der Waals surface area contributed by atoms with Crippen LogP contribution in [0.25, 0.3) is 105 Å². The molecule has 1 aromatic heterocycles. The Morgan fingerprint density at radius 1 is 0.229 bits per heavy atom. The molecule has 1 heterocycles. The monoisotopic (exact) mass is 890 g/mol. The Balaban J connectivity index is 0.915. The predicted octanol–water partition coefficient (Wildman–Crippen LogP) is 18.9. The number of nitrogens with zero attached hydrogens (tertiary/aromatic N) is 2. The van der Waals surface area contributed by atoms with E-state index in [9.17, 15) is 0 Å². The third-order valence-corrected chi connectivity index (χ3v) is 13.9. The molecule has 0 bridgehead atoms. The zero-order chi connectivity index (χ0) is 46.4. The van der Waals surface area contributed by atoms with Crippen molar-refractivity contribution in [3.63, 3.8) is 0 Å². The first kappa shape index (κ1) is 41.0. The maximum absolute atomic E-state index is 2.46. The molecular formula is C68H46N2. The molecule has 0 saturated heterocycles. The summed E-state index contributed by atoms with van der Waals surface area (Å²) < 4.78 is 2.46. The normalized spacial score (nSPS) is 11.4. The van der Waals surface area contributed by atoms with Crippen molar-refractivity contribution in [2.24, 2.45) is 0 Å². The van der Waals surface area contributed by atoms with E-state index in [-0.39, 0.29) is 0 Å². The smallest absolute Gasteiger partial charge is 0.0541 e. The van der Waals surface area contributed by atoms with Gasteiger partial charge >= 0.3 is 0 Å². The second-order valence-corrected chi connectivity index (χ2v) is 18.2. The molecule has 0 aliphatic carbocycles. The van der Waals surface area contributed by atoms with Gasteiger partial charge in [-0.05, 0) is 162 Å². The van der Waals surface area contributed by atoms with Gasteiger partial charge in [-0.3, -0.25) is 0 Å². The van der Waals surface area contributed by atoms with Crippen LogP contribution in [0.1, 0.15) is 0 Å². The van der Waals surface area contributed by atoms with Crippen molar-refractivity contribution in [1.82, 2.24) is 4.57 Å². The fourth-order valence-corrected chi connectivity index (χ4v) is 10.5. The van der Waals surface area contributed by atoms with Gasteiger partial charge in [0.15, 0.2) is 0 Å². The largest absolute Gasteiger partial charge is 0.310 e. The van der Waals surface area contributed by atoms with Crippen LogP contribution in [0.2, 0.25) is 0 Å². The molecule has 70 heavy (non-hydrogen) atoms. The van der Waals surface area contributed by atoms with E-state index in [4.69, 9.17) is 0 Å². The lowest BCUT2D eigenvalue weighted by molar-refractivity contribution is 1.18. The summed E-state index contributed by atoms with van der Waals surface area (Å²) >= 11 is 0. The molecule has 0 spiro atoms. The summed E-state index contributed by atoms with van der Waals surface area (Å²) in [7, 11) is 0. The van der Waals surface area contributed by atoms with Gasteiger partial charge in [-0.25, -0.2) is 0 Å². The summed E-state index contributed by atoms with van der Waals surface area (Å²) in [4.78, 5) is 2.36. The number of anilines is 3. The number of hydrogen-bond acceptors (Lipinski definition) is 1. The van der Waals surface area contributed by atoms with E-state index in [2.05, 4.69) is 289 Å². The summed E-state index contributed by atoms with van der Waals surface area (Å²) in [5.74, 6) is 0. The molecule has 2 nitrogen and oxygen atoms in total. The molecule has 328 valence electrons. The zero-order valence-corrected chi connectivity index (χ0v) is 38.5. The van der Waals surface area contributed by atoms with Crippen LogP contribution in [0.5, 0.6) is 0 Å². The first-order valence-electron chi connectivity index (χ1n) is 24.1. The Labute approximate surface area is 408 Å². The third-order valence-electron chi connectivity index (χ3n) is 13.9. The summed E-state index contributed by atoms with van der Waals surface area (Å²) in [5, 5.41) is 7.39. The highest BCUT2D eigenvalue weighted by atomic mass is 15.1. The van der Waals surface area contributed by atoms with E-state index in [0.29, 0.717) is 0 Å². The molecule has 12 aromatic carbocycles. The SMILES string of the molecule is c1ccc(-c2cccc(-c3ccc(N(c4ccccc4)c4cccc(-c5ccc6c(c5)c5ccccc5n6-c5cc(-c6ccc7ccccc7c6)cc(-c6cccc7ccccc67)c5)c4)cc3)c2)cc1. The van der Waals surface area contributed by atoms with Crippen LogP contribution >= 0.6 is 0 Å². The second kappa shape index (κ2) is 17.4. The van der Waals surface area contributed by atoms with Crippen molar-refractivity contribution in [3.05, 3.63) is 279 Å². The molecule has 0 aliphatic rings. The predicted molar refractivity (Wildman–Crippen MR) is 298 cm³/mol. The first-order chi connectivity index (χ1) is 34.7. The fourth-order valence-electron chi connectivity index (χ4n) is 10.5. The van der Waals surface area contributed by atoms with Gasteiger partial charge in [0.2, 0.25) is 0 Å². The molecule has 0 unspecified atom stereocenters. The molecule has 0 aliphatic heterocycles. The topological polar surface area (TPSA) is 8.17 Å². The second-order valence-electron chi connectivity index (χ2n) is 18.2. The number of aromatic nitrogens is 1.